The van der Waals surface area contributed by atoms with E-state index in [1.54, 1.807) is 0 Å². The van der Waals surface area contributed by atoms with Crippen LogP contribution in [0.4, 0.5) is 0 Å². The van der Waals surface area contributed by atoms with E-state index in [-0.39, 0.29) is 0 Å². The van der Waals surface area contributed by atoms with Gasteiger partial charge in [-0.05, 0) is 43.4 Å². The molecule has 1 saturated carbocycles. The zero-order valence-electron chi connectivity index (χ0n) is 8.98. The van der Waals surface area contributed by atoms with Crippen LogP contribution < -0.4 is 0 Å². The molecule has 0 N–H and O–H groups in total. The molecule has 0 amide bonds. The average Bonchev–Trinajstić information content (AvgIpc) is 1.74. The van der Waals surface area contributed by atoms with Crippen LogP contribution in [0.2, 0.25) is 0 Å². The lowest BCUT2D eigenvalue weighted by Crippen LogP contribution is -2.27. The lowest BCUT2D eigenvalue weighted by Gasteiger charge is -2.39. The first-order valence-electron chi connectivity index (χ1n) is 5.04. The van der Waals surface area contributed by atoms with Crippen molar-refractivity contribution in [1.29, 1.82) is 0 Å². The molecule has 1 aliphatic carbocycles. The van der Waals surface area contributed by atoms with Crippen molar-refractivity contribution < 1.29 is 0 Å². The normalized spacial score (nSPS) is 29.7. The Hall–Kier alpha value is -0.260. The van der Waals surface area contributed by atoms with Gasteiger partial charge in [-0.25, -0.2) is 0 Å². The standard InChI is InChI=1S/C12H22/c1-9(2)11-6-10(7-11)8-12(3,4)5/h10-11H,1,6-8H2,2-5H3. The molecule has 0 nitrogen and oxygen atoms in total. The number of allylic oxidation sites excluding steroid dienone is 1. The summed E-state index contributed by atoms with van der Waals surface area (Å²) < 4.78 is 0. The van der Waals surface area contributed by atoms with E-state index in [1.807, 2.05) is 0 Å². The molecule has 0 heteroatoms. The van der Waals surface area contributed by atoms with Gasteiger partial charge >= 0.3 is 0 Å². The lowest BCUT2D eigenvalue weighted by molar-refractivity contribution is 0.158. The van der Waals surface area contributed by atoms with Crippen LogP contribution in [-0.4, -0.2) is 0 Å². The fourth-order valence-electron chi connectivity index (χ4n) is 2.17. The Morgan fingerprint density at radius 1 is 1.33 bits per heavy atom. The number of rotatable bonds is 2. The third-order valence-corrected chi connectivity index (χ3v) is 2.83. The number of hydrogen-bond acceptors (Lipinski definition) is 0. The van der Waals surface area contributed by atoms with Gasteiger partial charge in [0, 0.05) is 0 Å². The van der Waals surface area contributed by atoms with Crippen LogP contribution in [0.3, 0.4) is 0 Å². The molecule has 0 aromatic carbocycles. The average molecular weight is 166 g/mol. The maximum atomic E-state index is 4.01. The summed E-state index contributed by atoms with van der Waals surface area (Å²) in [4.78, 5) is 0. The smallest absolute Gasteiger partial charge is 0.0203 e. The highest BCUT2D eigenvalue weighted by molar-refractivity contribution is 5.03. The van der Waals surface area contributed by atoms with Crippen LogP contribution >= 0.6 is 0 Å². The minimum atomic E-state index is 0.519. The molecule has 0 aromatic rings. The van der Waals surface area contributed by atoms with Crippen molar-refractivity contribution in [3.8, 4) is 0 Å². The Morgan fingerprint density at radius 3 is 2.17 bits per heavy atom. The van der Waals surface area contributed by atoms with Crippen LogP contribution in [0.1, 0.15) is 47.0 Å². The zero-order valence-corrected chi connectivity index (χ0v) is 8.98. The first kappa shape index (κ1) is 9.83. The predicted molar refractivity (Wildman–Crippen MR) is 55.1 cm³/mol. The SMILES string of the molecule is C=C(C)C1CC(CC(C)(C)C)C1. The van der Waals surface area contributed by atoms with Crippen molar-refractivity contribution in [2.75, 3.05) is 0 Å². The van der Waals surface area contributed by atoms with Crippen LogP contribution in [0.25, 0.3) is 0 Å². The van der Waals surface area contributed by atoms with Crippen molar-refractivity contribution in [2.24, 2.45) is 17.3 Å². The van der Waals surface area contributed by atoms with Gasteiger partial charge in [0.15, 0.2) is 0 Å². The van der Waals surface area contributed by atoms with Crippen LogP contribution in [-0.2, 0) is 0 Å². The molecule has 0 bridgehead atoms. The highest BCUT2D eigenvalue weighted by Gasteiger charge is 2.31. The molecule has 0 aromatic heterocycles. The molecule has 0 aliphatic heterocycles. The van der Waals surface area contributed by atoms with E-state index in [2.05, 4.69) is 34.3 Å². The highest BCUT2D eigenvalue weighted by Crippen LogP contribution is 2.43. The minimum Gasteiger partial charge on any atom is -0.0999 e. The minimum absolute atomic E-state index is 0.519. The lowest BCUT2D eigenvalue weighted by atomic mass is 9.66. The Balaban J connectivity index is 2.22. The van der Waals surface area contributed by atoms with Crippen LogP contribution in [0.15, 0.2) is 12.2 Å². The van der Waals surface area contributed by atoms with E-state index in [0.29, 0.717) is 5.41 Å². The molecular weight excluding hydrogens is 144 g/mol. The Labute approximate surface area is 77.1 Å². The first-order chi connectivity index (χ1) is 5.38. The molecular formula is C12H22. The van der Waals surface area contributed by atoms with E-state index in [1.165, 1.54) is 24.8 Å². The van der Waals surface area contributed by atoms with Gasteiger partial charge in [-0.2, -0.15) is 0 Å². The maximum Gasteiger partial charge on any atom is -0.0203 e. The summed E-state index contributed by atoms with van der Waals surface area (Å²) in [6, 6.07) is 0. The van der Waals surface area contributed by atoms with Crippen molar-refractivity contribution in [2.45, 2.75) is 47.0 Å². The Morgan fingerprint density at radius 2 is 1.83 bits per heavy atom. The number of hydrogen-bond donors (Lipinski definition) is 0. The monoisotopic (exact) mass is 166 g/mol. The first-order valence-corrected chi connectivity index (χ1v) is 5.04. The molecule has 1 rings (SSSR count). The summed E-state index contributed by atoms with van der Waals surface area (Å²) in [6.45, 7) is 13.2. The fourth-order valence-corrected chi connectivity index (χ4v) is 2.17. The Bertz CT molecular complexity index is 165. The summed E-state index contributed by atoms with van der Waals surface area (Å²) in [5.41, 5.74) is 1.91. The van der Waals surface area contributed by atoms with Gasteiger partial charge in [0.1, 0.15) is 0 Å². The summed E-state index contributed by atoms with van der Waals surface area (Å²) in [6.07, 6.45) is 4.18. The van der Waals surface area contributed by atoms with E-state index in [4.69, 9.17) is 0 Å². The molecule has 0 atom stereocenters. The third kappa shape index (κ3) is 2.66. The summed E-state index contributed by atoms with van der Waals surface area (Å²) in [5.74, 6) is 1.82. The van der Waals surface area contributed by atoms with Gasteiger partial charge in [0.05, 0.1) is 0 Å². The van der Waals surface area contributed by atoms with E-state index in [9.17, 15) is 0 Å². The summed E-state index contributed by atoms with van der Waals surface area (Å²) >= 11 is 0. The third-order valence-electron chi connectivity index (χ3n) is 2.83. The second kappa shape index (κ2) is 3.24. The zero-order chi connectivity index (χ0) is 9.35. The van der Waals surface area contributed by atoms with Crippen LogP contribution in [0.5, 0.6) is 0 Å². The van der Waals surface area contributed by atoms with E-state index >= 15 is 0 Å². The second-order valence-corrected chi connectivity index (χ2v) is 5.65. The van der Waals surface area contributed by atoms with Crippen molar-refractivity contribution in [3.63, 3.8) is 0 Å². The highest BCUT2D eigenvalue weighted by atomic mass is 14.4. The van der Waals surface area contributed by atoms with Gasteiger partial charge in [-0.3, -0.25) is 0 Å². The quantitative estimate of drug-likeness (QED) is 0.543. The molecule has 0 heterocycles. The predicted octanol–water partition coefficient (Wildman–Crippen LogP) is 4.02. The molecule has 12 heavy (non-hydrogen) atoms. The molecule has 70 valence electrons. The molecule has 0 spiro atoms. The fraction of sp³-hybridized carbons (Fsp3) is 0.833. The topological polar surface area (TPSA) is 0 Å². The van der Waals surface area contributed by atoms with Gasteiger partial charge < -0.3 is 0 Å². The molecule has 1 fully saturated rings. The van der Waals surface area contributed by atoms with Gasteiger partial charge in [0.25, 0.3) is 0 Å². The van der Waals surface area contributed by atoms with Gasteiger partial charge in [-0.15, -0.1) is 0 Å². The largest absolute Gasteiger partial charge is 0.0999 e. The van der Waals surface area contributed by atoms with Crippen molar-refractivity contribution in [1.82, 2.24) is 0 Å². The van der Waals surface area contributed by atoms with E-state index in [0.717, 1.165) is 11.8 Å². The van der Waals surface area contributed by atoms with Crippen LogP contribution in [0, 0.1) is 17.3 Å². The van der Waals surface area contributed by atoms with E-state index < -0.39 is 0 Å². The molecule has 0 saturated heterocycles. The summed E-state index contributed by atoms with van der Waals surface area (Å²) in [5, 5.41) is 0. The molecule has 0 unspecified atom stereocenters. The summed E-state index contributed by atoms with van der Waals surface area (Å²) in [7, 11) is 0. The van der Waals surface area contributed by atoms with Gasteiger partial charge in [0.2, 0.25) is 0 Å². The molecule has 1 aliphatic rings. The molecule has 0 radical (unpaired) electrons. The van der Waals surface area contributed by atoms with Gasteiger partial charge in [-0.1, -0.05) is 32.9 Å². The maximum absolute atomic E-state index is 4.01. The van der Waals surface area contributed by atoms with Crippen molar-refractivity contribution in [3.05, 3.63) is 12.2 Å². The second-order valence-electron chi connectivity index (χ2n) is 5.65. The van der Waals surface area contributed by atoms with Crippen molar-refractivity contribution >= 4 is 0 Å². The Kier molecular flexibility index (Phi) is 2.65.